The van der Waals surface area contributed by atoms with E-state index in [9.17, 15) is 4.79 Å². The summed E-state index contributed by atoms with van der Waals surface area (Å²) < 4.78 is 0. The highest BCUT2D eigenvalue weighted by atomic mass is 32.2. The van der Waals surface area contributed by atoms with Crippen LogP contribution >= 0.6 is 11.8 Å². The van der Waals surface area contributed by atoms with Crippen molar-refractivity contribution in [3.05, 3.63) is 5.82 Å². The van der Waals surface area contributed by atoms with Crippen LogP contribution in [0.1, 0.15) is 63.1 Å². The van der Waals surface area contributed by atoms with Crippen LogP contribution in [0, 0.1) is 0 Å². The number of carbonyl (C=O) groups is 1. The number of Topliss-reactive ketones (excluding diaryl/α,β-unsaturated/α-hetero) is 1. The fourth-order valence-electron chi connectivity index (χ4n) is 2.90. The van der Waals surface area contributed by atoms with Gasteiger partial charge in [0.15, 0.2) is 0 Å². The molecule has 1 heterocycles. The van der Waals surface area contributed by atoms with Gasteiger partial charge in [0, 0.05) is 12.3 Å². The van der Waals surface area contributed by atoms with E-state index in [2.05, 4.69) is 15.2 Å². The fourth-order valence-corrected chi connectivity index (χ4v) is 3.93. The van der Waals surface area contributed by atoms with Crippen molar-refractivity contribution in [1.29, 1.82) is 0 Å². The Hall–Kier alpha value is -0.840. The molecule has 18 heavy (non-hydrogen) atoms. The summed E-state index contributed by atoms with van der Waals surface area (Å²) in [7, 11) is 0. The summed E-state index contributed by atoms with van der Waals surface area (Å²) in [4.78, 5) is 16.3. The van der Waals surface area contributed by atoms with Gasteiger partial charge in [0.2, 0.25) is 5.16 Å². The Kier molecular flexibility index (Phi) is 3.68. The van der Waals surface area contributed by atoms with Gasteiger partial charge in [-0.1, -0.05) is 31.0 Å². The first-order valence-corrected chi connectivity index (χ1v) is 7.82. The smallest absolute Gasteiger partial charge is 0.209 e. The molecule has 4 nitrogen and oxygen atoms in total. The van der Waals surface area contributed by atoms with E-state index in [1.807, 2.05) is 0 Å². The minimum absolute atomic E-state index is 0.0889. The molecule has 1 unspecified atom stereocenters. The molecule has 0 amide bonds. The minimum Gasteiger partial charge on any atom is -0.298 e. The summed E-state index contributed by atoms with van der Waals surface area (Å²) in [5.41, 5.74) is 0. The number of nitrogens with one attached hydrogen (secondary N) is 1. The van der Waals surface area contributed by atoms with Crippen molar-refractivity contribution in [2.45, 2.75) is 67.7 Å². The van der Waals surface area contributed by atoms with Gasteiger partial charge in [0.1, 0.15) is 11.6 Å². The summed E-state index contributed by atoms with van der Waals surface area (Å²) >= 11 is 1.55. The first-order valence-electron chi connectivity index (χ1n) is 6.94. The number of H-pyrrole nitrogens is 1. The van der Waals surface area contributed by atoms with E-state index in [4.69, 9.17) is 0 Å². The molecule has 2 aliphatic carbocycles. The Morgan fingerprint density at radius 3 is 2.67 bits per heavy atom. The normalized spacial score (nSPS) is 25.8. The molecule has 2 fully saturated rings. The molecule has 0 saturated heterocycles. The van der Waals surface area contributed by atoms with Crippen molar-refractivity contribution < 1.29 is 4.79 Å². The lowest BCUT2D eigenvalue weighted by atomic mass is 9.99. The molecular weight excluding hydrogens is 246 g/mol. The molecular formula is C13H19N3OS. The Labute approximate surface area is 111 Å². The third-order valence-electron chi connectivity index (χ3n) is 3.97. The van der Waals surface area contributed by atoms with E-state index in [-0.39, 0.29) is 5.25 Å². The maximum atomic E-state index is 11.8. The molecule has 1 aromatic rings. The van der Waals surface area contributed by atoms with Crippen LogP contribution < -0.4 is 0 Å². The average Bonchev–Trinajstić information content (AvgIpc) is 3.02. The number of aromatic amines is 1. The van der Waals surface area contributed by atoms with Crippen LogP contribution in [0.3, 0.4) is 0 Å². The third kappa shape index (κ3) is 2.60. The van der Waals surface area contributed by atoms with Crippen molar-refractivity contribution in [1.82, 2.24) is 15.2 Å². The number of thioether (sulfide) groups is 1. The number of aromatic nitrogens is 3. The third-order valence-corrected chi connectivity index (χ3v) is 5.15. The summed E-state index contributed by atoms with van der Waals surface area (Å²) in [6, 6.07) is 0. The zero-order chi connectivity index (χ0) is 12.4. The number of ketones is 1. The van der Waals surface area contributed by atoms with Crippen LogP contribution in [0.25, 0.3) is 0 Å². The summed E-state index contributed by atoms with van der Waals surface area (Å²) in [5, 5.41) is 8.17. The number of hydrogen-bond acceptors (Lipinski definition) is 4. The van der Waals surface area contributed by atoms with Crippen molar-refractivity contribution in [3.63, 3.8) is 0 Å². The first-order chi connectivity index (χ1) is 8.83. The standard InChI is InChI=1S/C13H19N3OS/c17-10-7-3-4-8-11(10)18-13-14-12(15-16-13)9-5-1-2-6-9/h9,11H,1-8H2,(H,14,15,16). The second-order valence-corrected chi connectivity index (χ2v) is 6.47. The van der Waals surface area contributed by atoms with Crippen LogP contribution in [0.5, 0.6) is 0 Å². The monoisotopic (exact) mass is 265 g/mol. The highest BCUT2D eigenvalue weighted by Gasteiger charge is 2.26. The lowest BCUT2D eigenvalue weighted by Crippen LogP contribution is -2.21. The molecule has 0 spiro atoms. The zero-order valence-corrected chi connectivity index (χ0v) is 11.3. The Morgan fingerprint density at radius 1 is 1.11 bits per heavy atom. The van der Waals surface area contributed by atoms with Crippen LogP contribution in [-0.4, -0.2) is 26.2 Å². The molecule has 0 aromatic carbocycles. The predicted octanol–water partition coefficient (Wildman–Crippen LogP) is 3.07. The van der Waals surface area contributed by atoms with E-state index >= 15 is 0 Å². The average molecular weight is 265 g/mol. The largest absolute Gasteiger partial charge is 0.298 e. The molecule has 3 rings (SSSR count). The van der Waals surface area contributed by atoms with Crippen LogP contribution in [0.15, 0.2) is 5.16 Å². The van der Waals surface area contributed by atoms with Crippen molar-refractivity contribution >= 4 is 17.5 Å². The summed E-state index contributed by atoms with van der Waals surface area (Å²) in [6.07, 6.45) is 8.97. The van der Waals surface area contributed by atoms with Crippen molar-refractivity contribution in [2.24, 2.45) is 0 Å². The van der Waals surface area contributed by atoms with Gasteiger partial charge >= 0.3 is 0 Å². The maximum absolute atomic E-state index is 11.8. The van der Waals surface area contributed by atoms with Gasteiger partial charge in [0.05, 0.1) is 5.25 Å². The van der Waals surface area contributed by atoms with Gasteiger partial charge in [-0.15, -0.1) is 5.10 Å². The number of rotatable bonds is 3. The lowest BCUT2D eigenvalue weighted by Gasteiger charge is -2.17. The minimum atomic E-state index is 0.0889. The van der Waals surface area contributed by atoms with Gasteiger partial charge in [-0.05, 0) is 25.7 Å². The van der Waals surface area contributed by atoms with Crippen LogP contribution in [0.4, 0.5) is 0 Å². The Morgan fingerprint density at radius 2 is 1.89 bits per heavy atom. The van der Waals surface area contributed by atoms with Crippen LogP contribution in [-0.2, 0) is 4.79 Å². The van der Waals surface area contributed by atoms with Crippen molar-refractivity contribution in [3.8, 4) is 0 Å². The summed E-state index contributed by atoms with van der Waals surface area (Å²) in [5.74, 6) is 1.96. The SMILES string of the molecule is O=C1CCCCC1Sc1n[nH]c(C2CCCC2)n1. The Bertz CT molecular complexity index is 426. The van der Waals surface area contributed by atoms with E-state index in [0.717, 1.165) is 36.7 Å². The van der Waals surface area contributed by atoms with Gasteiger partial charge < -0.3 is 0 Å². The lowest BCUT2D eigenvalue weighted by molar-refractivity contribution is -0.119. The van der Waals surface area contributed by atoms with Gasteiger partial charge in [-0.25, -0.2) is 4.98 Å². The molecule has 1 atom stereocenters. The van der Waals surface area contributed by atoms with E-state index in [0.29, 0.717) is 11.7 Å². The topological polar surface area (TPSA) is 58.6 Å². The van der Waals surface area contributed by atoms with Gasteiger partial charge in [0.25, 0.3) is 0 Å². The quantitative estimate of drug-likeness (QED) is 0.912. The second kappa shape index (κ2) is 5.43. The molecule has 2 saturated carbocycles. The van der Waals surface area contributed by atoms with E-state index in [1.165, 1.54) is 25.7 Å². The predicted molar refractivity (Wildman–Crippen MR) is 70.7 cm³/mol. The summed E-state index contributed by atoms with van der Waals surface area (Å²) in [6.45, 7) is 0. The van der Waals surface area contributed by atoms with Crippen molar-refractivity contribution in [2.75, 3.05) is 0 Å². The molecule has 0 radical (unpaired) electrons. The second-order valence-electron chi connectivity index (χ2n) is 5.30. The fraction of sp³-hybridized carbons (Fsp3) is 0.769. The highest BCUT2D eigenvalue weighted by molar-refractivity contribution is 8.00. The number of nitrogens with zero attached hydrogens (tertiary/aromatic N) is 2. The molecule has 5 heteroatoms. The molecule has 1 aromatic heterocycles. The Balaban J connectivity index is 1.64. The van der Waals surface area contributed by atoms with Crippen LogP contribution in [0.2, 0.25) is 0 Å². The molecule has 98 valence electrons. The number of carbonyl (C=O) groups excluding carboxylic acids is 1. The maximum Gasteiger partial charge on any atom is 0.209 e. The first kappa shape index (κ1) is 12.2. The highest BCUT2D eigenvalue weighted by Crippen LogP contribution is 2.34. The molecule has 0 aliphatic heterocycles. The molecule has 2 aliphatic rings. The number of hydrogen-bond donors (Lipinski definition) is 1. The molecule has 1 N–H and O–H groups in total. The zero-order valence-electron chi connectivity index (χ0n) is 10.5. The van der Waals surface area contributed by atoms with Gasteiger partial charge in [-0.3, -0.25) is 9.89 Å². The van der Waals surface area contributed by atoms with E-state index in [1.54, 1.807) is 11.8 Å². The molecule has 0 bridgehead atoms. The van der Waals surface area contributed by atoms with E-state index < -0.39 is 0 Å². The van der Waals surface area contributed by atoms with Gasteiger partial charge in [-0.2, -0.15) is 0 Å².